The van der Waals surface area contributed by atoms with E-state index in [1.807, 2.05) is 0 Å². The Balaban J connectivity index is -0.000000245. The lowest BCUT2D eigenvalue weighted by Crippen LogP contribution is -2.36. The highest BCUT2D eigenvalue weighted by Crippen LogP contribution is 2.03. The maximum Gasteiger partial charge on any atom is 0.436 e. The summed E-state index contributed by atoms with van der Waals surface area (Å²) in [7, 11) is 0. The molecule has 64 valence electrons. The molecule has 0 unspecified atom stereocenters. The van der Waals surface area contributed by atoms with Crippen molar-refractivity contribution >= 4 is 0 Å². The molecule has 0 aromatic heterocycles. The van der Waals surface area contributed by atoms with Gasteiger partial charge in [-0.2, -0.15) is 0 Å². The van der Waals surface area contributed by atoms with Crippen LogP contribution in [0.5, 0.6) is 0 Å². The van der Waals surface area contributed by atoms with Crippen molar-refractivity contribution in [1.29, 1.82) is 0 Å². The van der Waals surface area contributed by atoms with E-state index < -0.39 is 10.8 Å². The van der Waals surface area contributed by atoms with E-state index in [0.717, 1.165) is 0 Å². The molecule has 0 aliphatic rings. The first-order chi connectivity index (χ1) is 3.50. The molecule has 0 heterocycles. The highest BCUT2D eigenvalue weighted by Gasteiger charge is 2.34. The predicted molar refractivity (Wildman–Crippen MR) is 31.7 cm³/mol. The van der Waals surface area contributed by atoms with Gasteiger partial charge in [0.15, 0.2) is 0 Å². The van der Waals surface area contributed by atoms with Crippen LogP contribution in [0.15, 0.2) is 0 Å². The van der Waals surface area contributed by atoms with Gasteiger partial charge in [-0.3, -0.25) is 10.1 Å². The van der Waals surface area contributed by atoms with Crippen molar-refractivity contribution in [2.75, 3.05) is 0 Å². The number of hydrogen-bond acceptors (Lipinski definition) is 4. The zero-order valence-corrected chi connectivity index (χ0v) is 5.37. The summed E-state index contributed by atoms with van der Waals surface area (Å²) < 4.78 is 0. The van der Waals surface area contributed by atoms with Gasteiger partial charge in [0.05, 0.1) is 11.3 Å². The van der Waals surface area contributed by atoms with Crippen molar-refractivity contribution in [3.8, 4) is 0 Å². The van der Waals surface area contributed by atoms with Gasteiger partial charge in [0.25, 0.3) is 0 Å². The maximum atomic E-state index is 9.56. The Morgan fingerprint density at radius 3 is 1.80 bits per heavy atom. The van der Waals surface area contributed by atoms with Crippen molar-refractivity contribution in [2.45, 2.75) is 19.3 Å². The Morgan fingerprint density at radius 1 is 1.50 bits per heavy atom. The van der Waals surface area contributed by atoms with Crippen LogP contribution in [0.2, 0.25) is 0 Å². The zero-order valence-electron chi connectivity index (χ0n) is 5.37. The van der Waals surface area contributed by atoms with Gasteiger partial charge < -0.3 is 21.2 Å². The van der Waals surface area contributed by atoms with Crippen LogP contribution in [-0.4, -0.2) is 32.0 Å². The Labute approximate surface area is 56.7 Å². The molecule has 0 amide bonds. The number of nitrogens with zero attached hydrogens (tertiary/aromatic N) is 1. The smallest absolute Gasteiger partial charge is 0.412 e. The van der Waals surface area contributed by atoms with E-state index >= 15 is 0 Å². The second-order valence-corrected chi connectivity index (χ2v) is 1.39. The van der Waals surface area contributed by atoms with Crippen LogP contribution in [0.1, 0.15) is 13.3 Å². The molecular formula is C3H11NO6. The molecule has 0 saturated heterocycles. The van der Waals surface area contributed by atoms with Crippen LogP contribution in [0.4, 0.5) is 0 Å². The van der Waals surface area contributed by atoms with E-state index in [1.165, 1.54) is 6.92 Å². The van der Waals surface area contributed by atoms with Gasteiger partial charge in [0, 0.05) is 0 Å². The van der Waals surface area contributed by atoms with Crippen molar-refractivity contribution in [2.24, 2.45) is 0 Å². The third kappa shape index (κ3) is 4.15. The molecule has 0 bridgehead atoms. The molecule has 0 aromatic carbocycles. The third-order valence-corrected chi connectivity index (χ3v) is 0.767. The summed E-state index contributed by atoms with van der Waals surface area (Å²) >= 11 is 0. The van der Waals surface area contributed by atoms with Crippen molar-refractivity contribution in [3.05, 3.63) is 10.1 Å². The lowest BCUT2D eigenvalue weighted by molar-refractivity contribution is -0.683. The van der Waals surface area contributed by atoms with E-state index in [9.17, 15) is 10.1 Å². The molecule has 10 heavy (non-hydrogen) atoms. The number of rotatable bonds is 2. The van der Waals surface area contributed by atoms with Gasteiger partial charge in [-0.05, 0) is 0 Å². The van der Waals surface area contributed by atoms with Crippen LogP contribution in [0.25, 0.3) is 0 Å². The first kappa shape index (κ1) is 16.1. The molecule has 7 nitrogen and oxygen atoms in total. The van der Waals surface area contributed by atoms with Gasteiger partial charge >= 0.3 is 5.91 Å². The summed E-state index contributed by atoms with van der Waals surface area (Å²) in [6, 6.07) is 0. The largest absolute Gasteiger partial charge is 0.436 e. The summed E-state index contributed by atoms with van der Waals surface area (Å²) in [5.74, 6) is -2.74. The topological polar surface area (TPSA) is 147 Å². The number of aliphatic hydroxyl groups is 2. The SMILES string of the molecule is CCC(O)(O)[N+](=O)[O-].O.O. The maximum absolute atomic E-state index is 9.56. The first-order valence-corrected chi connectivity index (χ1v) is 2.10. The highest BCUT2D eigenvalue weighted by atomic mass is 16.7. The fraction of sp³-hybridized carbons (Fsp3) is 1.00. The average Bonchev–Trinajstić information content (AvgIpc) is 1.67. The molecule has 0 radical (unpaired) electrons. The fourth-order valence-corrected chi connectivity index (χ4v) is 0.129. The normalized spacial score (nSPS) is 9.10. The van der Waals surface area contributed by atoms with Gasteiger partial charge in [-0.1, -0.05) is 6.92 Å². The zero-order chi connectivity index (χ0) is 6.78. The Hall–Kier alpha value is -0.760. The minimum Gasteiger partial charge on any atom is -0.412 e. The second kappa shape index (κ2) is 5.06. The van der Waals surface area contributed by atoms with Crippen LogP contribution < -0.4 is 0 Å². The standard InChI is InChI=1S/C3H7NO4.2H2O/c1-2-3(5,6)4(7)8;;/h5-6H,2H2,1H3;2*1H2. The Kier molecular flexibility index (Phi) is 8.15. The van der Waals surface area contributed by atoms with Gasteiger partial charge in [-0.25, -0.2) is 0 Å². The monoisotopic (exact) mass is 157 g/mol. The Morgan fingerprint density at radius 2 is 1.80 bits per heavy atom. The highest BCUT2D eigenvalue weighted by molar-refractivity contribution is 4.40. The Bertz CT molecular complexity index is 101. The quantitative estimate of drug-likeness (QED) is 0.262. The minimum absolute atomic E-state index is 0. The van der Waals surface area contributed by atoms with Crippen LogP contribution in [-0.2, 0) is 0 Å². The summed E-state index contributed by atoms with van der Waals surface area (Å²) in [5, 5.41) is 26.1. The molecule has 0 aromatic rings. The van der Waals surface area contributed by atoms with Crippen molar-refractivity contribution in [1.82, 2.24) is 0 Å². The second-order valence-electron chi connectivity index (χ2n) is 1.39. The molecule has 6 N–H and O–H groups in total. The van der Waals surface area contributed by atoms with Crippen molar-refractivity contribution < 1.29 is 26.1 Å². The number of nitro groups is 1. The first-order valence-electron chi connectivity index (χ1n) is 2.10. The third-order valence-electron chi connectivity index (χ3n) is 0.767. The summed E-state index contributed by atoms with van der Waals surface area (Å²) in [6.45, 7) is 1.31. The molecule has 0 rings (SSSR count). The molecular weight excluding hydrogens is 146 g/mol. The summed E-state index contributed by atoms with van der Waals surface area (Å²) in [5.41, 5.74) is 0. The van der Waals surface area contributed by atoms with Gasteiger partial charge in [-0.15, -0.1) is 0 Å². The fourth-order valence-electron chi connectivity index (χ4n) is 0.129. The molecule has 7 heteroatoms. The van der Waals surface area contributed by atoms with E-state index in [2.05, 4.69) is 0 Å². The van der Waals surface area contributed by atoms with Crippen LogP contribution >= 0.6 is 0 Å². The average molecular weight is 157 g/mol. The molecule has 0 spiro atoms. The molecule has 0 fully saturated rings. The van der Waals surface area contributed by atoms with E-state index in [1.54, 1.807) is 0 Å². The summed E-state index contributed by atoms with van der Waals surface area (Å²) in [4.78, 5) is 8.41. The van der Waals surface area contributed by atoms with Crippen molar-refractivity contribution in [3.63, 3.8) is 0 Å². The number of hydrogen-bond donors (Lipinski definition) is 2. The van der Waals surface area contributed by atoms with E-state index in [0.29, 0.717) is 0 Å². The lowest BCUT2D eigenvalue weighted by Gasteiger charge is -2.07. The van der Waals surface area contributed by atoms with E-state index in [-0.39, 0.29) is 17.4 Å². The molecule has 0 saturated carbocycles. The minimum atomic E-state index is -2.74. The molecule has 0 aliphatic heterocycles. The van der Waals surface area contributed by atoms with Gasteiger partial charge in [0.2, 0.25) is 0 Å². The van der Waals surface area contributed by atoms with E-state index in [4.69, 9.17) is 10.2 Å². The predicted octanol–water partition coefficient (Wildman–Crippen LogP) is -2.34. The molecule has 0 aliphatic carbocycles. The van der Waals surface area contributed by atoms with Crippen LogP contribution in [0.3, 0.4) is 0 Å². The molecule has 0 atom stereocenters. The van der Waals surface area contributed by atoms with Gasteiger partial charge in [0.1, 0.15) is 0 Å². The van der Waals surface area contributed by atoms with Crippen LogP contribution in [0, 0.1) is 10.1 Å². The summed E-state index contributed by atoms with van der Waals surface area (Å²) in [6.07, 6.45) is -0.306. The lowest BCUT2D eigenvalue weighted by atomic mass is 10.4.